The number of carbonyl (C=O) groups is 1. The molecule has 0 spiro atoms. The zero-order valence-electron chi connectivity index (χ0n) is 16.0. The highest BCUT2D eigenvalue weighted by atomic mass is 16.6. The molecule has 4 heteroatoms. The molecular weight excluding hydrogens is 352 g/mol. The van der Waals surface area contributed by atoms with Crippen LogP contribution in [0.5, 0.6) is 0 Å². The Hall–Kier alpha value is -2.95. The molecule has 1 heterocycles. The maximum atomic E-state index is 12.8. The van der Waals surface area contributed by atoms with Gasteiger partial charge in [-0.05, 0) is 29.3 Å². The minimum absolute atomic E-state index is 0.315. The molecule has 1 aliphatic heterocycles. The lowest BCUT2D eigenvalue weighted by atomic mass is 9.79. The third-order valence-corrected chi connectivity index (χ3v) is 5.06. The average Bonchev–Trinajstić information content (AvgIpc) is 3.03. The van der Waals surface area contributed by atoms with Crippen molar-refractivity contribution in [3.8, 4) is 0 Å². The molecule has 0 amide bonds. The van der Waals surface area contributed by atoms with Gasteiger partial charge >= 0.3 is 5.97 Å². The monoisotopic (exact) mass is 374 g/mol. The lowest BCUT2D eigenvalue weighted by Crippen LogP contribution is -2.29. The summed E-state index contributed by atoms with van der Waals surface area (Å²) in [6.45, 7) is 0.979. The highest BCUT2D eigenvalue weighted by molar-refractivity contribution is 5.96. The maximum absolute atomic E-state index is 12.8. The minimum atomic E-state index is -0.999. The number of fused-ring (bicyclic) bond motifs is 1. The van der Waals surface area contributed by atoms with E-state index in [-0.39, 0.29) is 5.97 Å². The first kappa shape index (κ1) is 18.4. The average molecular weight is 374 g/mol. The fourth-order valence-electron chi connectivity index (χ4n) is 3.91. The Labute approximate surface area is 164 Å². The van der Waals surface area contributed by atoms with Crippen molar-refractivity contribution in [3.05, 3.63) is 106 Å². The lowest BCUT2D eigenvalue weighted by molar-refractivity contribution is 0.0250. The van der Waals surface area contributed by atoms with Crippen LogP contribution in [0, 0.1) is 0 Å². The summed E-state index contributed by atoms with van der Waals surface area (Å²) >= 11 is 0. The lowest BCUT2D eigenvalue weighted by Gasteiger charge is -2.31. The quantitative estimate of drug-likeness (QED) is 0.598. The zero-order chi connectivity index (χ0) is 19.6. The Morgan fingerprint density at radius 3 is 1.93 bits per heavy atom. The molecule has 1 aliphatic rings. The fraction of sp³-hybridized carbons (Fsp3) is 0.208. The summed E-state index contributed by atoms with van der Waals surface area (Å²) in [5, 5.41) is 0. The summed E-state index contributed by atoms with van der Waals surface area (Å²) in [6, 6.07) is 23.6. The van der Waals surface area contributed by atoms with E-state index >= 15 is 0 Å². The second kappa shape index (κ2) is 7.58. The Bertz CT molecular complexity index is 959. The SMILES string of the molecule is COCc1cccc(C2(c3cccc(COC)c3)OC(=O)c3ccccc32)c1. The van der Waals surface area contributed by atoms with Gasteiger partial charge in [0.2, 0.25) is 0 Å². The van der Waals surface area contributed by atoms with Gasteiger partial charge in [-0.15, -0.1) is 0 Å². The first-order chi connectivity index (χ1) is 13.7. The number of hydrogen-bond acceptors (Lipinski definition) is 4. The van der Waals surface area contributed by atoms with Gasteiger partial charge in [0.05, 0.1) is 18.8 Å². The van der Waals surface area contributed by atoms with Gasteiger partial charge in [-0.3, -0.25) is 0 Å². The predicted octanol–water partition coefficient (Wildman–Crippen LogP) is 4.44. The molecular formula is C24H22O4. The van der Waals surface area contributed by atoms with E-state index in [9.17, 15) is 4.79 Å². The molecule has 4 nitrogen and oxygen atoms in total. The van der Waals surface area contributed by atoms with Crippen molar-refractivity contribution in [2.75, 3.05) is 14.2 Å². The molecule has 142 valence electrons. The zero-order valence-corrected chi connectivity index (χ0v) is 16.0. The predicted molar refractivity (Wildman–Crippen MR) is 106 cm³/mol. The summed E-state index contributed by atoms with van der Waals surface area (Å²) in [7, 11) is 3.34. The van der Waals surface area contributed by atoms with E-state index in [0.29, 0.717) is 18.8 Å². The molecule has 0 atom stereocenters. The molecule has 0 aliphatic carbocycles. The van der Waals surface area contributed by atoms with E-state index in [1.807, 2.05) is 72.8 Å². The molecule has 28 heavy (non-hydrogen) atoms. The Morgan fingerprint density at radius 2 is 1.36 bits per heavy atom. The second-order valence-corrected chi connectivity index (χ2v) is 6.88. The normalized spacial score (nSPS) is 14.6. The van der Waals surface area contributed by atoms with Crippen LogP contribution in [-0.2, 0) is 33.0 Å². The van der Waals surface area contributed by atoms with Gasteiger partial charge in [0, 0.05) is 30.9 Å². The minimum Gasteiger partial charge on any atom is -0.441 e. The highest BCUT2D eigenvalue weighted by Crippen LogP contribution is 2.47. The van der Waals surface area contributed by atoms with Gasteiger partial charge in [0.25, 0.3) is 0 Å². The Morgan fingerprint density at radius 1 is 0.786 bits per heavy atom. The van der Waals surface area contributed by atoms with E-state index in [4.69, 9.17) is 14.2 Å². The van der Waals surface area contributed by atoms with Crippen molar-refractivity contribution in [1.29, 1.82) is 0 Å². The molecule has 0 unspecified atom stereocenters. The summed E-state index contributed by atoms with van der Waals surface area (Å²) in [6.07, 6.45) is 0. The number of rotatable bonds is 6. The third kappa shape index (κ3) is 3.01. The molecule has 0 saturated heterocycles. The Balaban J connectivity index is 1.97. The van der Waals surface area contributed by atoms with Crippen LogP contribution in [-0.4, -0.2) is 20.2 Å². The number of esters is 1. The molecule has 0 radical (unpaired) electrons. The van der Waals surface area contributed by atoms with Crippen LogP contribution in [0.1, 0.15) is 38.2 Å². The van der Waals surface area contributed by atoms with Gasteiger partial charge < -0.3 is 14.2 Å². The molecule has 0 N–H and O–H groups in total. The number of methoxy groups -OCH3 is 2. The topological polar surface area (TPSA) is 44.8 Å². The smallest absolute Gasteiger partial charge is 0.340 e. The number of ether oxygens (including phenoxy) is 3. The molecule has 3 aromatic carbocycles. The molecule has 3 aromatic rings. The molecule has 0 aromatic heterocycles. The van der Waals surface area contributed by atoms with Gasteiger partial charge in [0.15, 0.2) is 5.60 Å². The number of benzene rings is 3. The summed E-state index contributed by atoms with van der Waals surface area (Å²) < 4.78 is 16.7. The van der Waals surface area contributed by atoms with Crippen molar-refractivity contribution in [1.82, 2.24) is 0 Å². The van der Waals surface area contributed by atoms with Crippen LogP contribution in [0.3, 0.4) is 0 Å². The van der Waals surface area contributed by atoms with E-state index in [1.165, 1.54) is 0 Å². The maximum Gasteiger partial charge on any atom is 0.340 e. The van der Waals surface area contributed by atoms with Crippen LogP contribution in [0.25, 0.3) is 0 Å². The van der Waals surface area contributed by atoms with E-state index in [2.05, 4.69) is 0 Å². The largest absolute Gasteiger partial charge is 0.441 e. The summed E-state index contributed by atoms with van der Waals surface area (Å²) in [5.74, 6) is -0.315. The summed E-state index contributed by atoms with van der Waals surface area (Å²) in [5.41, 5.74) is 4.28. The molecule has 0 saturated carbocycles. The third-order valence-electron chi connectivity index (χ3n) is 5.06. The second-order valence-electron chi connectivity index (χ2n) is 6.88. The van der Waals surface area contributed by atoms with Gasteiger partial charge in [0.1, 0.15) is 0 Å². The van der Waals surface area contributed by atoms with Gasteiger partial charge in [-0.1, -0.05) is 54.6 Å². The van der Waals surface area contributed by atoms with Gasteiger partial charge in [-0.25, -0.2) is 4.79 Å². The fourth-order valence-corrected chi connectivity index (χ4v) is 3.91. The first-order valence-electron chi connectivity index (χ1n) is 9.18. The van der Waals surface area contributed by atoms with Crippen LogP contribution >= 0.6 is 0 Å². The number of carbonyl (C=O) groups excluding carboxylic acids is 1. The van der Waals surface area contributed by atoms with Crippen molar-refractivity contribution in [2.45, 2.75) is 18.8 Å². The standard InChI is InChI=1S/C24H22O4/c1-26-15-17-7-5-9-19(13-17)24(20-10-6-8-18(14-20)16-27-2)22-12-4-3-11-21(22)23(25)28-24/h3-14H,15-16H2,1-2H3. The highest BCUT2D eigenvalue weighted by Gasteiger charge is 2.48. The number of cyclic esters (lactones) is 1. The van der Waals surface area contributed by atoms with Crippen molar-refractivity contribution in [2.24, 2.45) is 0 Å². The molecule has 4 rings (SSSR count). The molecule has 0 bridgehead atoms. The van der Waals surface area contributed by atoms with Crippen LogP contribution in [0.4, 0.5) is 0 Å². The van der Waals surface area contributed by atoms with Crippen molar-refractivity contribution in [3.63, 3.8) is 0 Å². The van der Waals surface area contributed by atoms with Crippen molar-refractivity contribution < 1.29 is 19.0 Å². The Kier molecular flexibility index (Phi) is 4.99. The van der Waals surface area contributed by atoms with Crippen LogP contribution < -0.4 is 0 Å². The van der Waals surface area contributed by atoms with Gasteiger partial charge in [-0.2, -0.15) is 0 Å². The van der Waals surface area contributed by atoms with E-state index in [1.54, 1.807) is 14.2 Å². The molecule has 0 fully saturated rings. The number of hydrogen-bond donors (Lipinski definition) is 0. The van der Waals surface area contributed by atoms with E-state index in [0.717, 1.165) is 27.8 Å². The van der Waals surface area contributed by atoms with Crippen LogP contribution in [0.15, 0.2) is 72.8 Å². The first-order valence-corrected chi connectivity index (χ1v) is 9.18. The summed E-state index contributed by atoms with van der Waals surface area (Å²) in [4.78, 5) is 12.8. The van der Waals surface area contributed by atoms with Crippen LogP contribution in [0.2, 0.25) is 0 Å². The van der Waals surface area contributed by atoms with E-state index < -0.39 is 5.60 Å². The van der Waals surface area contributed by atoms with Crippen molar-refractivity contribution >= 4 is 5.97 Å².